The van der Waals surface area contributed by atoms with Gasteiger partial charge >= 0.3 is 0 Å². The van der Waals surface area contributed by atoms with Crippen molar-refractivity contribution in [1.82, 2.24) is 9.21 Å². The molecule has 11 nitrogen and oxygen atoms in total. The van der Waals surface area contributed by atoms with E-state index in [1.165, 1.54) is 16.4 Å². The highest BCUT2D eigenvalue weighted by molar-refractivity contribution is 7.89. The van der Waals surface area contributed by atoms with Crippen molar-refractivity contribution in [1.29, 1.82) is 0 Å². The number of benzene rings is 2. The van der Waals surface area contributed by atoms with Crippen molar-refractivity contribution in [2.75, 3.05) is 57.4 Å². The second-order valence-corrected chi connectivity index (χ2v) is 10.1. The third-order valence-electron chi connectivity index (χ3n) is 6.16. The van der Waals surface area contributed by atoms with Crippen LogP contribution < -0.4 is 10.6 Å². The van der Waals surface area contributed by atoms with Crippen LogP contribution in [0.4, 0.5) is 11.4 Å². The summed E-state index contributed by atoms with van der Waals surface area (Å²) in [4.78, 5) is 27.1. The third kappa shape index (κ3) is 4.89. The summed E-state index contributed by atoms with van der Waals surface area (Å²) in [6.45, 7) is 2.78. The number of nitro benzene ring substituents is 1. The number of sulfonamides is 1. The van der Waals surface area contributed by atoms with Gasteiger partial charge in [-0.3, -0.25) is 19.8 Å². The fourth-order valence-corrected chi connectivity index (χ4v) is 5.85. The Kier molecular flexibility index (Phi) is 7.12. The monoisotopic (exact) mass is 489 g/mol. The summed E-state index contributed by atoms with van der Waals surface area (Å²) < 4.78 is 32.4. The number of anilines is 1. The molecule has 2 N–H and O–H groups in total. The van der Waals surface area contributed by atoms with Crippen LogP contribution in [0, 0.1) is 10.1 Å². The number of nitro groups is 1. The number of morpholine rings is 1. The zero-order chi connectivity index (χ0) is 24.3. The van der Waals surface area contributed by atoms with Gasteiger partial charge in [-0.2, -0.15) is 4.31 Å². The topological polar surface area (TPSA) is 139 Å². The summed E-state index contributed by atoms with van der Waals surface area (Å²) in [5.41, 5.74) is 6.56. The van der Waals surface area contributed by atoms with Crippen LogP contribution in [0.5, 0.6) is 0 Å². The van der Waals surface area contributed by atoms with Gasteiger partial charge in [0, 0.05) is 45.3 Å². The lowest BCUT2D eigenvalue weighted by Crippen LogP contribution is -2.50. The van der Waals surface area contributed by atoms with Crippen LogP contribution >= 0.6 is 0 Å². The molecule has 2 aliphatic rings. The van der Waals surface area contributed by atoms with Gasteiger partial charge in [0.2, 0.25) is 15.9 Å². The minimum absolute atomic E-state index is 0.110. The molecule has 12 heteroatoms. The van der Waals surface area contributed by atoms with Gasteiger partial charge in [-0.15, -0.1) is 0 Å². The number of ether oxygens (including phenoxy) is 1. The molecule has 34 heavy (non-hydrogen) atoms. The summed E-state index contributed by atoms with van der Waals surface area (Å²) in [7, 11) is -3.85. The summed E-state index contributed by atoms with van der Waals surface area (Å²) in [6, 6.07) is 12.7. The molecule has 2 aromatic rings. The number of piperazine rings is 1. The Bertz CT molecular complexity index is 1150. The third-order valence-corrected chi connectivity index (χ3v) is 8.05. The molecule has 2 heterocycles. The second-order valence-electron chi connectivity index (χ2n) is 8.16. The molecule has 1 atom stereocenters. The van der Waals surface area contributed by atoms with Gasteiger partial charge in [-0.1, -0.05) is 30.3 Å². The predicted molar refractivity (Wildman–Crippen MR) is 125 cm³/mol. The number of hydrogen-bond donors (Lipinski definition) is 1. The highest BCUT2D eigenvalue weighted by Gasteiger charge is 2.33. The fourth-order valence-electron chi connectivity index (χ4n) is 4.42. The number of carbonyl (C=O) groups excluding carboxylic acids is 1. The van der Waals surface area contributed by atoms with Crippen LogP contribution in [0.2, 0.25) is 0 Å². The van der Waals surface area contributed by atoms with E-state index in [1.807, 2.05) is 40.1 Å². The molecular weight excluding hydrogens is 462 g/mol. The van der Waals surface area contributed by atoms with Crippen LogP contribution in [0.25, 0.3) is 0 Å². The molecule has 0 bridgehead atoms. The molecule has 0 spiro atoms. The standard InChI is InChI=1S/C22H27N5O6S/c23-22(28)21(17-4-2-1-3-5-17)25-10-8-24(9-11-25)19-7-6-18(16-20(19)27(29)30)34(31,32)26-12-14-33-15-13-26/h1-7,16,21H,8-15H2,(H2,23,28). The van der Waals surface area contributed by atoms with Crippen LogP contribution in [0.1, 0.15) is 11.6 Å². The van der Waals surface area contributed by atoms with E-state index in [0.717, 1.165) is 11.6 Å². The van der Waals surface area contributed by atoms with Crippen molar-refractivity contribution >= 4 is 27.3 Å². The first-order chi connectivity index (χ1) is 16.3. The largest absolute Gasteiger partial charge is 0.379 e. The Morgan fingerprint density at radius 1 is 1.00 bits per heavy atom. The smallest absolute Gasteiger partial charge is 0.293 e. The van der Waals surface area contributed by atoms with E-state index in [4.69, 9.17) is 10.5 Å². The van der Waals surface area contributed by atoms with Gasteiger partial charge < -0.3 is 15.4 Å². The summed E-state index contributed by atoms with van der Waals surface area (Å²) in [5.74, 6) is -0.455. The molecule has 1 amide bonds. The Morgan fingerprint density at radius 2 is 1.65 bits per heavy atom. The van der Waals surface area contributed by atoms with Crippen LogP contribution in [-0.2, 0) is 19.6 Å². The fraction of sp³-hybridized carbons (Fsp3) is 0.409. The van der Waals surface area contributed by atoms with Crippen molar-refractivity contribution in [3.8, 4) is 0 Å². The minimum Gasteiger partial charge on any atom is -0.379 e. The highest BCUT2D eigenvalue weighted by Crippen LogP contribution is 2.33. The number of primary amides is 1. The maximum Gasteiger partial charge on any atom is 0.293 e. The van der Waals surface area contributed by atoms with E-state index in [9.17, 15) is 23.3 Å². The summed E-state index contributed by atoms with van der Waals surface area (Å²) in [5, 5.41) is 11.8. The molecular formula is C22H27N5O6S. The van der Waals surface area contributed by atoms with Crippen LogP contribution in [0.15, 0.2) is 53.4 Å². The summed E-state index contributed by atoms with van der Waals surface area (Å²) in [6.07, 6.45) is 0. The molecule has 0 saturated carbocycles. The lowest BCUT2D eigenvalue weighted by atomic mass is 10.0. The van der Waals surface area contributed by atoms with E-state index < -0.39 is 26.9 Å². The first kappa shape index (κ1) is 24.1. The van der Waals surface area contributed by atoms with Crippen molar-refractivity contribution in [3.05, 3.63) is 64.2 Å². The number of carbonyl (C=O) groups is 1. The first-order valence-electron chi connectivity index (χ1n) is 11.0. The van der Waals surface area contributed by atoms with Gasteiger partial charge in [0.1, 0.15) is 11.7 Å². The van der Waals surface area contributed by atoms with Gasteiger partial charge in [0.25, 0.3) is 5.69 Å². The molecule has 0 aliphatic carbocycles. The van der Waals surface area contributed by atoms with Crippen molar-refractivity contribution < 1.29 is 22.9 Å². The molecule has 2 aliphatic heterocycles. The first-order valence-corrected chi connectivity index (χ1v) is 12.4. The molecule has 2 fully saturated rings. The maximum atomic E-state index is 12.9. The zero-order valence-corrected chi connectivity index (χ0v) is 19.4. The maximum absolute atomic E-state index is 12.9. The molecule has 2 aromatic carbocycles. The average Bonchev–Trinajstić information content (AvgIpc) is 2.85. The predicted octanol–water partition coefficient (Wildman–Crippen LogP) is 0.964. The zero-order valence-electron chi connectivity index (χ0n) is 18.6. The van der Waals surface area contributed by atoms with Crippen molar-refractivity contribution in [2.24, 2.45) is 5.73 Å². The average molecular weight is 490 g/mol. The van der Waals surface area contributed by atoms with Gasteiger partial charge in [-0.05, 0) is 17.7 Å². The van der Waals surface area contributed by atoms with Crippen LogP contribution in [-0.4, -0.2) is 80.9 Å². The number of nitrogens with zero attached hydrogens (tertiary/aromatic N) is 4. The van der Waals surface area contributed by atoms with E-state index >= 15 is 0 Å². The minimum atomic E-state index is -3.85. The number of rotatable bonds is 7. The second kappa shape index (κ2) is 10.1. The van der Waals surface area contributed by atoms with E-state index in [2.05, 4.69) is 0 Å². The Hall–Kier alpha value is -3.06. The van der Waals surface area contributed by atoms with Gasteiger partial charge in [-0.25, -0.2) is 8.42 Å². The Morgan fingerprint density at radius 3 is 2.24 bits per heavy atom. The molecule has 2 saturated heterocycles. The SMILES string of the molecule is NC(=O)C(c1ccccc1)N1CCN(c2ccc(S(=O)(=O)N3CCOCC3)cc2[N+](=O)[O-])CC1. The summed E-state index contributed by atoms with van der Waals surface area (Å²) >= 11 is 0. The number of hydrogen-bond acceptors (Lipinski definition) is 8. The number of amides is 1. The number of nitrogens with two attached hydrogens (primary N) is 1. The van der Waals surface area contributed by atoms with E-state index in [1.54, 1.807) is 0 Å². The molecule has 1 unspecified atom stereocenters. The van der Waals surface area contributed by atoms with Crippen molar-refractivity contribution in [3.63, 3.8) is 0 Å². The Balaban J connectivity index is 1.54. The van der Waals surface area contributed by atoms with E-state index in [-0.39, 0.29) is 23.7 Å². The normalized spacial score (nSPS) is 19.0. The molecule has 0 radical (unpaired) electrons. The Labute approximate surface area is 197 Å². The quantitative estimate of drug-likeness (QED) is 0.448. The lowest BCUT2D eigenvalue weighted by Gasteiger charge is -2.39. The lowest BCUT2D eigenvalue weighted by molar-refractivity contribution is -0.384. The van der Waals surface area contributed by atoms with Gasteiger partial charge in [0.05, 0.1) is 23.0 Å². The molecule has 182 valence electrons. The van der Waals surface area contributed by atoms with Crippen LogP contribution in [0.3, 0.4) is 0 Å². The van der Waals surface area contributed by atoms with Crippen molar-refractivity contribution in [2.45, 2.75) is 10.9 Å². The molecule has 4 rings (SSSR count). The molecule has 0 aromatic heterocycles. The van der Waals surface area contributed by atoms with Gasteiger partial charge in [0.15, 0.2) is 0 Å². The highest BCUT2D eigenvalue weighted by atomic mass is 32.2. The van der Waals surface area contributed by atoms with E-state index in [0.29, 0.717) is 45.1 Å².